The van der Waals surface area contributed by atoms with Gasteiger partial charge < -0.3 is 10.1 Å². The van der Waals surface area contributed by atoms with Gasteiger partial charge in [0.1, 0.15) is 0 Å². The fourth-order valence-electron chi connectivity index (χ4n) is 1.25. The van der Waals surface area contributed by atoms with Crippen LogP contribution in [0, 0.1) is 0 Å². The van der Waals surface area contributed by atoms with Crippen LogP contribution in [-0.4, -0.2) is 22.8 Å². The Morgan fingerprint density at radius 1 is 1.25 bits per heavy atom. The van der Waals surface area contributed by atoms with Gasteiger partial charge in [0, 0.05) is 4.75 Å². The highest BCUT2D eigenvalue weighted by molar-refractivity contribution is 8.01. The van der Waals surface area contributed by atoms with Crippen molar-refractivity contribution in [3.8, 4) is 5.75 Å². The Hall–Kier alpha value is -1.37. The second kappa shape index (κ2) is 6.39. The molecule has 0 bridgehead atoms. The molecule has 0 unspecified atom stereocenters. The first-order valence-electron chi connectivity index (χ1n) is 5.85. The van der Waals surface area contributed by atoms with Crippen LogP contribution in [0.4, 0.5) is 18.9 Å². The summed E-state index contributed by atoms with van der Waals surface area (Å²) in [5.74, 6) is -0.638. The number of carbonyl (C=O) groups is 1. The van der Waals surface area contributed by atoms with Gasteiger partial charge in [0.15, 0.2) is 5.75 Å². The summed E-state index contributed by atoms with van der Waals surface area (Å²) in [4.78, 5) is 11.7. The van der Waals surface area contributed by atoms with Crippen LogP contribution in [0.25, 0.3) is 0 Å². The molecule has 0 heterocycles. The molecule has 112 valence electrons. The number of rotatable bonds is 4. The lowest BCUT2D eigenvalue weighted by atomic mass is 10.3. The first-order valence-corrected chi connectivity index (χ1v) is 6.84. The van der Waals surface area contributed by atoms with E-state index in [-0.39, 0.29) is 22.1 Å². The van der Waals surface area contributed by atoms with Crippen LogP contribution in [-0.2, 0) is 4.79 Å². The fourth-order valence-corrected chi connectivity index (χ4v) is 1.89. The van der Waals surface area contributed by atoms with Crippen molar-refractivity contribution in [1.82, 2.24) is 0 Å². The van der Waals surface area contributed by atoms with Crippen LogP contribution >= 0.6 is 11.8 Å². The van der Waals surface area contributed by atoms with Gasteiger partial charge in [0.25, 0.3) is 0 Å². The molecular weight excluding hydrogens is 291 g/mol. The van der Waals surface area contributed by atoms with E-state index < -0.39 is 12.1 Å². The number of benzene rings is 1. The lowest BCUT2D eigenvalue weighted by Gasteiger charge is -2.18. The Labute approximate surface area is 119 Å². The summed E-state index contributed by atoms with van der Waals surface area (Å²) >= 11 is 1.40. The molecule has 1 aromatic rings. The Morgan fingerprint density at radius 2 is 1.85 bits per heavy atom. The van der Waals surface area contributed by atoms with E-state index in [0.717, 1.165) is 6.07 Å². The van der Waals surface area contributed by atoms with Crippen LogP contribution in [0.15, 0.2) is 24.3 Å². The van der Waals surface area contributed by atoms with Gasteiger partial charge in [-0.15, -0.1) is 24.9 Å². The smallest absolute Gasteiger partial charge is 0.404 e. The van der Waals surface area contributed by atoms with Gasteiger partial charge in [-0.3, -0.25) is 4.79 Å². The van der Waals surface area contributed by atoms with Crippen LogP contribution < -0.4 is 10.1 Å². The number of halogens is 3. The molecule has 0 aromatic heterocycles. The number of para-hydroxylation sites is 2. The highest BCUT2D eigenvalue weighted by atomic mass is 32.2. The fraction of sp³-hybridized carbons (Fsp3) is 0.462. The molecule has 0 fully saturated rings. The summed E-state index contributed by atoms with van der Waals surface area (Å²) in [7, 11) is 0. The number of hydrogen-bond donors (Lipinski definition) is 1. The van der Waals surface area contributed by atoms with Gasteiger partial charge in [-0.2, -0.15) is 0 Å². The van der Waals surface area contributed by atoms with E-state index in [1.165, 1.54) is 30.0 Å². The van der Waals surface area contributed by atoms with E-state index in [4.69, 9.17) is 0 Å². The van der Waals surface area contributed by atoms with E-state index in [0.29, 0.717) is 0 Å². The maximum Gasteiger partial charge on any atom is 0.573 e. The summed E-state index contributed by atoms with van der Waals surface area (Å²) < 4.78 is 40.4. The van der Waals surface area contributed by atoms with Crippen molar-refractivity contribution >= 4 is 23.4 Å². The Balaban J connectivity index is 2.70. The lowest BCUT2D eigenvalue weighted by molar-refractivity contribution is -0.274. The number of ether oxygens (including phenoxy) is 1. The largest absolute Gasteiger partial charge is 0.573 e. The third kappa shape index (κ3) is 6.70. The maximum atomic E-state index is 12.2. The summed E-state index contributed by atoms with van der Waals surface area (Å²) in [5, 5.41) is 2.42. The summed E-state index contributed by atoms with van der Waals surface area (Å²) in [6.45, 7) is 5.85. The number of carbonyl (C=O) groups excluding carboxylic acids is 1. The zero-order valence-electron chi connectivity index (χ0n) is 11.4. The molecule has 1 N–H and O–H groups in total. The molecule has 3 nitrogen and oxygen atoms in total. The van der Waals surface area contributed by atoms with Crippen molar-refractivity contribution in [3.63, 3.8) is 0 Å². The molecule has 0 atom stereocenters. The van der Waals surface area contributed by atoms with E-state index in [9.17, 15) is 18.0 Å². The average molecular weight is 307 g/mol. The number of nitrogens with one attached hydrogen (secondary N) is 1. The second-order valence-corrected chi connectivity index (χ2v) is 6.80. The van der Waals surface area contributed by atoms with Crippen molar-refractivity contribution in [1.29, 1.82) is 0 Å². The molecule has 0 aliphatic carbocycles. The topological polar surface area (TPSA) is 38.3 Å². The summed E-state index contributed by atoms with van der Waals surface area (Å²) in [6.07, 6.45) is -4.79. The van der Waals surface area contributed by atoms with Crippen molar-refractivity contribution in [2.75, 3.05) is 11.1 Å². The van der Waals surface area contributed by atoms with Crippen molar-refractivity contribution < 1.29 is 22.7 Å². The predicted octanol–water partition coefficient (Wildman–Crippen LogP) is 4.06. The third-order valence-electron chi connectivity index (χ3n) is 2.02. The molecule has 0 saturated carbocycles. The second-order valence-electron chi connectivity index (χ2n) is 4.99. The van der Waals surface area contributed by atoms with Crippen LogP contribution in [0.2, 0.25) is 0 Å². The van der Waals surface area contributed by atoms with Crippen LogP contribution in [0.1, 0.15) is 20.8 Å². The molecule has 0 aliphatic rings. The minimum atomic E-state index is -4.79. The Morgan fingerprint density at radius 3 is 2.40 bits per heavy atom. The zero-order chi connectivity index (χ0) is 15.4. The first-order chi connectivity index (χ1) is 9.07. The highest BCUT2D eigenvalue weighted by Gasteiger charge is 2.32. The predicted molar refractivity (Wildman–Crippen MR) is 74.0 cm³/mol. The number of hydrogen-bond acceptors (Lipinski definition) is 3. The standard InChI is InChI=1S/C13H16F3NO2S/c1-12(2,3)20-8-11(18)17-9-6-4-5-7-10(9)19-13(14,15)16/h4-7H,8H2,1-3H3,(H,17,18). The third-order valence-corrected chi connectivity index (χ3v) is 3.30. The average Bonchev–Trinajstić information content (AvgIpc) is 2.26. The van der Waals surface area contributed by atoms with E-state index in [1.54, 1.807) is 0 Å². The van der Waals surface area contributed by atoms with Crippen LogP contribution in [0.5, 0.6) is 5.75 Å². The molecule has 7 heteroatoms. The molecule has 0 spiro atoms. The van der Waals surface area contributed by atoms with E-state index in [1.807, 2.05) is 20.8 Å². The Kier molecular flexibility index (Phi) is 5.33. The van der Waals surface area contributed by atoms with E-state index >= 15 is 0 Å². The van der Waals surface area contributed by atoms with Gasteiger partial charge in [0.05, 0.1) is 11.4 Å². The first kappa shape index (κ1) is 16.7. The lowest BCUT2D eigenvalue weighted by Crippen LogP contribution is -2.21. The van der Waals surface area contributed by atoms with Gasteiger partial charge >= 0.3 is 6.36 Å². The minimum Gasteiger partial charge on any atom is -0.404 e. The van der Waals surface area contributed by atoms with Gasteiger partial charge in [-0.05, 0) is 12.1 Å². The number of amides is 1. The molecule has 0 radical (unpaired) electrons. The van der Waals surface area contributed by atoms with Crippen LogP contribution in [0.3, 0.4) is 0 Å². The summed E-state index contributed by atoms with van der Waals surface area (Å²) in [6, 6.07) is 5.44. The number of alkyl halides is 3. The van der Waals surface area contributed by atoms with Crippen molar-refractivity contribution in [2.24, 2.45) is 0 Å². The molecule has 1 aromatic carbocycles. The zero-order valence-corrected chi connectivity index (χ0v) is 12.2. The highest BCUT2D eigenvalue weighted by Crippen LogP contribution is 2.30. The molecule has 0 aliphatic heterocycles. The minimum absolute atomic E-state index is 0.00401. The van der Waals surface area contributed by atoms with E-state index in [2.05, 4.69) is 10.1 Å². The quantitative estimate of drug-likeness (QED) is 0.912. The molecule has 1 amide bonds. The van der Waals surface area contributed by atoms with Crippen molar-refractivity contribution in [3.05, 3.63) is 24.3 Å². The SMILES string of the molecule is CC(C)(C)SCC(=O)Nc1ccccc1OC(F)(F)F. The molecule has 20 heavy (non-hydrogen) atoms. The van der Waals surface area contributed by atoms with Gasteiger partial charge in [-0.25, -0.2) is 0 Å². The normalized spacial score (nSPS) is 12.1. The molecule has 1 rings (SSSR count). The molecule has 0 saturated heterocycles. The molecular formula is C13H16F3NO2S. The van der Waals surface area contributed by atoms with Crippen molar-refractivity contribution in [2.45, 2.75) is 31.9 Å². The number of thioether (sulfide) groups is 1. The maximum absolute atomic E-state index is 12.2. The van der Waals surface area contributed by atoms with Gasteiger partial charge in [-0.1, -0.05) is 32.9 Å². The number of anilines is 1. The van der Waals surface area contributed by atoms with Gasteiger partial charge in [0.2, 0.25) is 5.91 Å². The monoisotopic (exact) mass is 307 g/mol. The Bertz CT molecular complexity index is 469. The summed E-state index contributed by atoms with van der Waals surface area (Å²) in [5.41, 5.74) is 0.00401.